The highest BCUT2D eigenvalue weighted by atomic mass is 16.2. The average molecular weight is 266 g/mol. The normalized spacial score (nSPS) is 18.5. The number of aromatic nitrogens is 2. The summed E-state index contributed by atoms with van der Waals surface area (Å²) in [6.45, 7) is 3.96. The van der Waals surface area contributed by atoms with E-state index in [0.717, 1.165) is 25.5 Å². The molecule has 0 bridgehead atoms. The Bertz CT molecular complexity index is 528. The zero-order chi connectivity index (χ0) is 13.8. The molecule has 0 aliphatic carbocycles. The van der Waals surface area contributed by atoms with Gasteiger partial charge < -0.3 is 15.2 Å². The van der Waals surface area contributed by atoms with Crippen LogP contribution in [0.1, 0.15) is 30.3 Å². The van der Waals surface area contributed by atoms with Crippen LogP contribution in [0.2, 0.25) is 0 Å². The summed E-state index contributed by atoms with van der Waals surface area (Å²) >= 11 is 0. The van der Waals surface area contributed by atoms with E-state index in [1.165, 1.54) is 0 Å². The first-order valence-corrected chi connectivity index (χ1v) is 6.46. The lowest BCUT2D eigenvalue weighted by Gasteiger charge is -2.24. The van der Waals surface area contributed by atoms with Crippen LogP contribution in [-0.2, 0) is 0 Å². The Kier molecular flexibility index (Phi) is 4.16. The van der Waals surface area contributed by atoms with Gasteiger partial charge in [0.1, 0.15) is 5.69 Å². The highest BCUT2D eigenvalue weighted by Crippen LogP contribution is 2.08. The topological polar surface area (TPSA) is 98.1 Å². The lowest BCUT2D eigenvalue weighted by Crippen LogP contribution is -2.42. The van der Waals surface area contributed by atoms with Crippen molar-refractivity contribution < 1.29 is 4.79 Å². The monoisotopic (exact) mass is 266 g/mol. The Morgan fingerprint density at radius 3 is 2.79 bits per heavy atom. The van der Waals surface area contributed by atoms with Gasteiger partial charge in [-0.15, -0.1) is 0 Å². The molecule has 7 nitrogen and oxygen atoms in total. The average Bonchev–Trinajstić information content (AvgIpc) is 2.86. The number of nitrogens with one attached hydrogen (secondary N) is 3. The van der Waals surface area contributed by atoms with E-state index in [-0.39, 0.29) is 17.6 Å². The summed E-state index contributed by atoms with van der Waals surface area (Å²) in [7, 11) is 0. The number of carbonyl (C=O) groups is 1. The van der Waals surface area contributed by atoms with Gasteiger partial charge in [-0.05, 0) is 26.3 Å². The fraction of sp³-hybridized carbons (Fsp3) is 0.583. The third-order valence-corrected chi connectivity index (χ3v) is 3.26. The molecule has 1 aliphatic rings. The Labute approximate surface area is 110 Å². The molecule has 1 aromatic heterocycles. The summed E-state index contributed by atoms with van der Waals surface area (Å²) in [4.78, 5) is 40.7. The van der Waals surface area contributed by atoms with Crippen molar-refractivity contribution in [2.75, 3.05) is 19.6 Å². The molecule has 2 rings (SSSR count). The maximum Gasteiger partial charge on any atom is 0.326 e. The maximum atomic E-state index is 12.2. The third kappa shape index (κ3) is 3.31. The van der Waals surface area contributed by atoms with E-state index in [4.69, 9.17) is 0 Å². The van der Waals surface area contributed by atoms with Crippen molar-refractivity contribution in [1.29, 1.82) is 0 Å². The van der Waals surface area contributed by atoms with Crippen molar-refractivity contribution in [2.45, 2.75) is 25.8 Å². The van der Waals surface area contributed by atoms with E-state index in [9.17, 15) is 14.4 Å². The predicted molar refractivity (Wildman–Crippen MR) is 70.3 cm³/mol. The molecule has 0 aromatic carbocycles. The fourth-order valence-electron chi connectivity index (χ4n) is 2.29. The molecule has 104 valence electrons. The lowest BCUT2D eigenvalue weighted by molar-refractivity contribution is 0.0744. The molecule has 1 amide bonds. The van der Waals surface area contributed by atoms with E-state index in [2.05, 4.69) is 10.3 Å². The van der Waals surface area contributed by atoms with E-state index in [1.807, 2.05) is 11.9 Å². The Morgan fingerprint density at radius 1 is 1.42 bits per heavy atom. The minimum absolute atomic E-state index is 0.0357. The molecule has 1 aliphatic heterocycles. The van der Waals surface area contributed by atoms with Gasteiger partial charge in [-0.3, -0.25) is 14.6 Å². The van der Waals surface area contributed by atoms with Gasteiger partial charge in [0.05, 0.1) is 0 Å². The lowest BCUT2D eigenvalue weighted by atomic mass is 10.2. The molecule has 0 radical (unpaired) electrons. The summed E-state index contributed by atoms with van der Waals surface area (Å²) in [5.74, 6) is -0.320. The van der Waals surface area contributed by atoms with E-state index >= 15 is 0 Å². The molecule has 1 unspecified atom stereocenters. The summed E-state index contributed by atoms with van der Waals surface area (Å²) < 4.78 is 0. The number of H-pyrrole nitrogens is 2. The molecule has 1 aromatic rings. The SMILES string of the molecule is CCN(CC1CCCN1)C(=O)c1cc(=O)[nH]c(=O)[nH]1. The number of carbonyl (C=O) groups excluding carboxylic acids is 1. The summed E-state index contributed by atoms with van der Waals surface area (Å²) in [5, 5.41) is 3.32. The van der Waals surface area contributed by atoms with Crippen LogP contribution in [0.25, 0.3) is 0 Å². The summed E-state index contributed by atoms with van der Waals surface area (Å²) in [6, 6.07) is 1.41. The Balaban J connectivity index is 2.15. The van der Waals surface area contributed by atoms with Gasteiger partial charge in [-0.2, -0.15) is 0 Å². The minimum atomic E-state index is -0.661. The minimum Gasteiger partial charge on any atom is -0.336 e. The van der Waals surface area contributed by atoms with E-state index < -0.39 is 11.2 Å². The van der Waals surface area contributed by atoms with Crippen LogP contribution < -0.4 is 16.6 Å². The number of aromatic amines is 2. The molecule has 2 heterocycles. The van der Waals surface area contributed by atoms with Crippen molar-refractivity contribution in [2.24, 2.45) is 0 Å². The molecule has 0 spiro atoms. The van der Waals surface area contributed by atoms with Gasteiger partial charge in [-0.1, -0.05) is 0 Å². The van der Waals surface area contributed by atoms with Crippen LogP contribution in [0.4, 0.5) is 0 Å². The molecule has 1 saturated heterocycles. The quantitative estimate of drug-likeness (QED) is 0.669. The molecule has 19 heavy (non-hydrogen) atoms. The van der Waals surface area contributed by atoms with Crippen LogP contribution in [0.15, 0.2) is 15.7 Å². The Morgan fingerprint density at radius 2 is 2.21 bits per heavy atom. The number of hydrogen-bond donors (Lipinski definition) is 3. The molecular weight excluding hydrogens is 248 g/mol. The van der Waals surface area contributed by atoms with Gasteiger partial charge in [-0.25, -0.2) is 4.79 Å². The van der Waals surface area contributed by atoms with E-state index in [0.29, 0.717) is 13.1 Å². The summed E-state index contributed by atoms with van der Waals surface area (Å²) in [6.07, 6.45) is 2.15. The first kappa shape index (κ1) is 13.5. The van der Waals surface area contributed by atoms with Gasteiger partial charge in [0.25, 0.3) is 11.5 Å². The van der Waals surface area contributed by atoms with Crippen molar-refractivity contribution in [3.05, 3.63) is 32.6 Å². The fourth-order valence-corrected chi connectivity index (χ4v) is 2.29. The second-order valence-electron chi connectivity index (χ2n) is 4.64. The molecular formula is C12H18N4O3. The standard InChI is InChI=1S/C12H18N4O3/c1-2-16(7-8-4-3-5-13-8)11(18)9-6-10(17)15-12(19)14-9/h6,8,13H,2-5,7H2,1H3,(H2,14,15,17,19). The van der Waals surface area contributed by atoms with Gasteiger partial charge in [0.2, 0.25) is 0 Å². The number of likely N-dealkylation sites (N-methyl/N-ethyl adjacent to an activating group) is 1. The molecule has 1 fully saturated rings. The molecule has 7 heteroatoms. The maximum absolute atomic E-state index is 12.2. The van der Waals surface area contributed by atoms with Crippen LogP contribution in [-0.4, -0.2) is 46.5 Å². The van der Waals surface area contributed by atoms with Gasteiger partial charge in [0, 0.05) is 25.2 Å². The van der Waals surface area contributed by atoms with Crippen molar-refractivity contribution in [1.82, 2.24) is 20.2 Å². The highest BCUT2D eigenvalue weighted by molar-refractivity contribution is 5.92. The number of hydrogen-bond acceptors (Lipinski definition) is 4. The van der Waals surface area contributed by atoms with Crippen LogP contribution in [0.3, 0.4) is 0 Å². The second-order valence-corrected chi connectivity index (χ2v) is 4.64. The van der Waals surface area contributed by atoms with Gasteiger partial charge in [0.15, 0.2) is 0 Å². The van der Waals surface area contributed by atoms with Crippen LogP contribution in [0, 0.1) is 0 Å². The van der Waals surface area contributed by atoms with Crippen LogP contribution in [0.5, 0.6) is 0 Å². The third-order valence-electron chi connectivity index (χ3n) is 3.26. The van der Waals surface area contributed by atoms with Crippen molar-refractivity contribution in [3.63, 3.8) is 0 Å². The highest BCUT2D eigenvalue weighted by Gasteiger charge is 2.22. The van der Waals surface area contributed by atoms with E-state index in [1.54, 1.807) is 4.90 Å². The molecule has 0 saturated carbocycles. The smallest absolute Gasteiger partial charge is 0.326 e. The Hall–Kier alpha value is -1.89. The van der Waals surface area contributed by atoms with Crippen molar-refractivity contribution >= 4 is 5.91 Å². The summed E-state index contributed by atoms with van der Waals surface area (Å²) in [5.41, 5.74) is -1.19. The second kappa shape index (κ2) is 5.83. The zero-order valence-electron chi connectivity index (χ0n) is 10.9. The first-order chi connectivity index (χ1) is 9.10. The number of rotatable bonds is 4. The number of nitrogens with zero attached hydrogens (tertiary/aromatic N) is 1. The van der Waals surface area contributed by atoms with Crippen molar-refractivity contribution in [3.8, 4) is 0 Å². The van der Waals surface area contributed by atoms with Gasteiger partial charge >= 0.3 is 5.69 Å². The largest absolute Gasteiger partial charge is 0.336 e. The molecule has 1 atom stereocenters. The first-order valence-electron chi connectivity index (χ1n) is 6.46. The predicted octanol–water partition coefficient (Wildman–Crippen LogP) is -0.723. The molecule has 3 N–H and O–H groups in total. The zero-order valence-corrected chi connectivity index (χ0v) is 10.9. The number of amides is 1. The van der Waals surface area contributed by atoms with Crippen LogP contribution >= 0.6 is 0 Å².